The first-order chi connectivity index (χ1) is 12.4. The summed E-state index contributed by atoms with van der Waals surface area (Å²) in [6.45, 7) is 4.22. The Balaban J connectivity index is 1.50. The van der Waals surface area contributed by atoms with Crippen molar-refractivity contribution in [3.05, 3.63) is 58.6 Å². The van der Waals surface area contributed by atoms with Crippen molar-refractivity contribution in [2.75, 3.05) is 13.2 Å². The van der Waals surface area contributed by atoms with Gasteiger partial charge in [-0.05, 0) is 38.1 Å². The molecule has 134 valence electrons. The van der Waals surface area contributed by atoms with Crippen LogP contribution in [-0.4, -0.2) is 24.7 Å². The van der Waals surface area contributed by atoms with E-state index in [0.29, 0.717) is 10.8 Å². The lowest BCUT2D eigenvalue weighted by Gasteiger charge is -2.18. The summed E-state index contributed by atoms with van der Waals surface area (Å²) in [7, 11) is 0. The molecule has 0 fully saturated rings. The number of carbonyl (C=O) groups is 1. The first-order valence-corrected chi connectivity index (χ1v) is 8.76. The molecule has 0 radical (unpaired) electrons. The van der Waals surface area contributed by atoms with Crippen LogP contribution >= 0.6 is 11.6 Å². The first kappa shape index (κ1) is 18.2. The molecule has 1 amide bonds. The lowest BCUT2D eigenvalue weighted by Crippen LogP contribution is -2.29. The molecule has 0 spiro atoms. The maximum atomic E-state index is 11.9. The number of nitrogens with one attached hydrogen (secondary N) is 1. The number of rotatable bonds is 4. The number of hydrogen-bond acceptors (Lipinski definition) is 3. The molecule has 0 bridgehead atoms. The Kier molecular flexibility index (Phi) is 5.39. The van der Waals surface area contributed by atoms with Crippen LogP contribution in [0.4, 0.5) is 0 Å². The highest BCUT2D eigenvalue weighted by Gasteiger charge is 2.32. The number of ether oxygens (including phenoxy) is 2. The number of carbonyl (C=O) groups excluding carboxylic acids is 1. The Morgan fingerprint density at radius 1 is 1.31 bits per heavy atom. The highest BCUT2D eigenvalue weighted by molar-refractivity contribution is 6.30. The van der Waals surface area contributed by atoms with Gasteiger partial charge in [0.1, 0.15) is 5.60 Å². The Labute approximate surface area is 158 Å². The van der Waals surface area contributed by atoms with Crippen molar-refractivity contribution >= 4 is 17.5 Å². The van der Waals surface area contributed by atoms with Crippen molar-refractivity contribution in [2.24, 2.45) is 0 Å². The first-order valence-electron chi connectivity index (χ1n) is 8.38. The van der Waals surface area contributed by atoms with Crippen molar-refractivity contribution in [2.45, 2.75) is 25.9 Å². The molecule has 5 heteroatoms. The van der Waals surface area contributed by atoms with Gasteiger partial charge in [0.25, 0.3) is 5.91 Å². The summed E-state index contributed by atoms with van der Waals surface area (Å²) in [5.74, 6) is 6.92. The molecule has 2 aromatic rings. The van der Waals surface area contributed by atoms with Crippen molar-refractivity contribution in [3.8, 4) is 23.3 Å². The largest absolute Gasteiger partial charge is 0.483 e. The van der Waals surface area contributed by atoms with Crippen LogP contribution in [0.5, 0.6) is 11.5 Å². The van der Waals surface area contributed by atoms with Gasteiger partial charge >= 0.3 is 0 Å². The molecular formula is C21H20ClNO3. The smallest absolute Gasteiger partial charge is 0.258 e. The minimum atomic E-state index is -0.250. The van der Waals surface area contributed by atoms with E-state index in [9.17, 15) is 4.79 Å². The molecule has 1 N–H and O–H groups in total. The van der Waals surface area contributed by atoms with Gasteiger partial charge in [0, 0.05) is 22.6 Å². The zero-order chi connectivity index (χ0) is 18.6. The van der Waals surface area contributed by atoms with Crippen molar-refractivity contribution in [3.63, 3.8) is 0 Å². The van der Waals surface area contributed by atoms with E-state index in [2.05, 4.69) is 17.2 Å². The third-order valence-electron chi connectivity index (χ3n) is 3.85. The number of para-hydroxylation sites is 1. The fourth-order valence-corrected chi connectivity index (χ4v) is 2.94. The summed E-state index contributed by atoms with van der Waals surface area (Å²) < 4.78 is 11.6. The van der Waals surface area contributed by atoms with E-state index in [1.807, 2.05) is 44.2 Å². The van der Waals surface area contributed by atoms with Crippen LogP contribution in [0.25, 0.3) is 0 Å². The molecule has 0 aromatic heterocycles. The van der Waals surface area contributed by atoms with Crippen LogP contribution in [0.2, 0.25) is 5.02 Å². The molecule has 0 unspecified atom stereocenters. The van der Waals surface area contributed by atoms with Gasteiger partial charge in [0.15, 0.2) is 18.1 Å². The van der Waals surface area contributed by atoms with Crippen LogP contribution in [0.1, 0.15) is 25.0 Å². The van der Waals surface area contributed by atoms with Crippen molar-refractivity contribution < 1.29 is 14.3 Å². The van der Waals surface area contributed by atoms with Gasteiger partial charge < -0.3 is 14.8 Å². The molecule has 3 rings (SSSR count). The van der Waals surface area contributed by atoms with Gasteiger partial charge in [-0.3, -0.25) is 4.79 Å². The highest BCUT2D eigenvalue weighted by atomic mass is 35.5. The third-order valence-corrected chi connectivity index (χ3v) is 4.08. The molecule has 2 aromatic carbocycles. The topological polar surface area (TPSA) is 47.6 Å². The Hall–Kier alpha value is -2.64. The van der Waals surface area contributed by atoms with Crippen LogP contribution in [0.3, 0.4) is 0 Å². The maximum Gasteiger partial charge on any atom is 0.258 e. The van der Waals surface area contributed by atoms with Crippen molar-refractivity contribution in [1.82, 2.24) is 5.32 Å². The van der Waals surface area contributed by atoms with E-state index < -0.39 is 0 Å². The normalized spacial score (nSPS) is 13.8. The van der Waals surface area contributed by atoms with E-state index in [1.54, 1.807) is 12.1 Å². The van der Waals surface area contributed by atoms with Crippen LogP contribution < -0.4 is 14.8 Å². The second-order valence-corrected chi connectivity index (χ2v) is 7.10. The van der Waals surface area contributed by atoms with Gasteiger partial charge in [-0.2, -0.15) is 0 Å². The molecule has 26 heavy (non-hydrogen) atoms. The highest BCUT2D eigenvalue weighted by Crippen LogP contribution is 2.41. The molecule has 1 heterocycles. The summed E-state index contributed by atoms with van der Waals surface area (Å²) in [6.07, 6.45) is 0.824. The van der Waals surface area contributed by atoms with Crippen LogP contribution in [0.15, 0.2) is 42.5 Å². The van der Waals surface area contributed by atoms with Crippen LogP contribution in [-0.2, 0) is 11.2 Å². The maximum absolute atomic E-state index is 11.9. The number of halogens is 1. The molecule has 0 aliphatic carbocycles. The third kappa shape index (κ3) is 4.71. The fraction of sp³-hybridized carbons (Fsp3) is 0.286. The minimum absolute atomic E-state index is 0.0842. The average Bonchev–Trinajstić information content (AvgIpc) is 2.91. The van der Waals surface area contributed by atoms with E-state index in [4.69, 9.17) is 21.1 Å². The SMILES string of the molecule is CC1(C)Cc2cccc(OCC(=O)NCC#Cc3cccc(Cl)c3)c2O1. The lowest BCUT2D eigenvalue weighted by molar-refractivity contribution is -0.122. The summed E-state index contributed by atoms with van der Waals surface area (Å²) in [6, 6.07) is 13.0. The predicted molar refractivity (Wildman–Crippen MR) is 102 cm³/mol. The van der Waals surface area contributed by atoms with Gasteiger partial charge in [-0.15, -0.1) is 0 Å². The second kappa shape index (κ2) is 7.72. The molecule has 1 aliphatic heterocycles. The van der Waals surface area contributed by atoms with Gasteiger partial charge in [-0.25, -0.2) is 0 Å². The number of hydrogen-bond donors (Lipinski definition) is 1. The molecule has 0 saturated carbocycles. The Morgan fingerprint density at radius 3 is 2.92 bits per heavy atom. The van der Waals surface area contributed by atoms with Crippen molar-refractivity contribution in [1.29, 1.82) is 0 Å². The van der Waals surface area contributed by atoms with Gasteiger partial charge in [0.05, 0.1) is 6.54 Å². The van der Waals surface area contributed by atoms with Crippen LogP contribution in [0, 0.1) is 11.8 Å². The van der Waals surface area contributed by atoms with E-state index in [-0.39, 0.29) is 24.7 Å². The lowest BCUT2D eigenvalue weighted by atomic mass is 10.0. The molecule has 4 nitrogen and oxygen atoms in total. The summed E-state index contributed by atoms with van der Waals surface area (Å²) in [4.78, 5) is 11.9. The quantitative estimate of drug-likeness (QED) is 0.838. The zero-order valence-corrected chi connectivity index (χ0v) is 15.5. The van der Waals surface area contributed by atoms with E-state index >= 15 is 0 Å². The fourth-order valence-electron chi connectivity index (χ4n) is 2.75. The standard InChI is InChI=1S/C21H20ClNO3/c1-21(2)13-16-8-4-10-18(20(16)26-21)25-14-19(24)23-11-5-7-15-6-3-9-17(22)12-15/h3-4,6,8-10,12H,11,13-14H2,1-2H3,(H,23,24). The van der Waals surface area contributed by atoms with E-state index in [0.717, 1.165) is 23.3 Å². The Bertz CT molecular complexity index is 880. The number of amides is 1. The molecular weight excluding hydrogens is 350 g/mol. The second-order valence-electron chi connectivity index (χ2n) is 6.66. The summed E-state index contributed by atoms with van der Waals surface area (Å²) in [5, 5.41) is 3.34. The summed E-state index contributed by atoms with van der Waals surface area (Å²) >= 11 is 5.90. The molecule has 0 saturated heterocycles. The average molecular weight is 370 g/mol. The molecule has 1 aliphatic rings. The van der Waals surface area contributed by atoms with E-state index in [1.165, 1.54) is 0 Å². The Morgan fingerprint density at radius 2 is 2.12 bits per heavy atom. The van der Waals surface area contributed by atoms with Gasteiger partial charge in [0.2, 0.25) is 0 Å². The minimum Gasteiger partial charge on any atom is -0.483 e. The van der Waals surface area contributed by atoms with Gasteiger partial charge in [-0.1, -0.05) is 41.6 Å². The number of benzene rings is 2. The monoisotopic (exact) mass is 369 g/mol. The zero-order valence-electron chi connectivity index (χ0n) is 14.8. The summed E-state index contributed by atoms with van der Waals surface area (Å²) in [5.41, 5.74) is 1.66. The predicted octanol–water partition coefficient (Wildman–Crippen LogP) is 3.60. The molecule has 0 atom stereocenters. The number of fused-ring (bicyclic) bond motifs is 1.